The summed E-state index contributed by atoms with van der Waals surface area (Å²) in [7, 11) is -7.00. The standard InChI is InChI=1S/C25H33N3O6S2/c29-25(13-8-21-4-9-23(10-5-21)36(32,33)28-16-18-34-19-17-28)26-20-22-6-11-24(12-7-22)35(30,31)27-14-2-1-3-15-27/h4-7,9-12H,1-3,8,13-20H2,(H,26,29). The molecule has 0 unspecified atom stereocenters. The molecule has 2 aliphatic heterocycles. The van der Waals surface area contributed by atoms with E-state index in [1.807, 2.05) is 0 Å². The summed E-state index contributed by atoms with van der Waals surface area (Å²) in [6, 6.07) is 13.3. The minimum Gasteiger partial charge on any atom is -0.379 e. The molecule has 11 heteroatoms. The van der Waals surface area contributed by atoms with Crippen LogP contribution >= 0.6 is 0 Å². The van der Waals surface area contributed by atoms with Gasteiger partial charge < -0.3 is 10.1 Å². The number of nitrogens with zero attached hydrogens (tertiary/aromatic N) is 2. The predicted octanol–water partition coefficient (Wildman–Crippen LogP) is 2.13. The fourth-order valence-electron chi connectivity index (χ4n) is 4.34. The smallest absolute Gasteiger partial charge is 0.243 e. The van der Waals surface area contributed by atoms with Crippen LogP contribution in [0, 0.1) is 0 Å². The average molecular weight is 536 g/mol. The van der Waals surface area contributed by atoms with Crippen molar-refractivity contribution >= 4 is 26.0 Å². The monoisotopic (exact) mass is 535 g/mol. The first kappa shape index (κ1) is 26.7. The molecule has 196 valence electrons. The molecular weight excluding hydrogens is 502 g/mol. The molecule has 0 aliphatic carbocycles. The Labute approximate surface area is 213 Å². The molecule has 4 rings (SSSR count). The van der Waals surface area contributed by atoms with E-state index in [4.69, 9.17) is 4.74 Å². The first-order valence-electron chi connectivity index (χ1n) is 12.3. The zero-order valence-corrected chi connectivity index (χ0v) is 21.9. The van der Waals surface area contributed by atoms with Crippen LogP contribution < -0.4 is 5.32 Å². The number of rotatable bonds is 9. The largest absolute Gasteiger partial charge is 0.379 e. The van der Waals surface area contributed by atoms with Crippen molar-refractivity contribution in [1.82, 2.24) is 13.9 Å². The summed E-state index contributed by atoms with van der Waals surface area (Å²) in [5, 5.41) is 2.86. The SMILES string of the molecule is O=C(CCc1ccc(S(=O)(=O)N2CCOCC2)cc1)NCc1ccc(S(=O)(=O)N2CCCCC2)cc1. The van der Waals surface area contributed by atoms with E-state index in [-0.39, 0.29) is 22.1 Å². The number of carbonyl (C=O) groups excluding carboxylic acids is 1. The number of sulfonamides is 2. The summed E-state index contributed by atoms with van der Waals surface area (Å²) >= 11 is 0. The summed E-state index contributed by atoms with van der Waals surface area (Å²) in [6.07, 6.45) is 3.59. The van der Waals surface area contributed by atoms with E-state index in [0.29, 0.717) is 52.4 Å². The van der Waals surface area contributed by atoms with Gasteiger partial charge in [-0.15, -0.1) is 0 Å². The van der Waals surface area contributed by atoms with E-state index in [9.17, 15) is 21.6 Å². The predicted molar refractivity (Wildman–Crippen MR) is 135 cm³/mol. The fraction of sp³-hybridized carbons (Fsp3) is 0.480. The zero-order chi connectivity index (χ0) is 25.6. The Morgan fingerprint density at radius 2 is 1.22 bits per heavy atom. The Morgan fingerprint density at radius 3 is 1.78 bits per heavy atom. The van der Waals surface area contributed by atoms with Crippen molar-refractivity contribution in [2.24, 2.45) is 0 Å². The van der Waals surface area contributed by atoms with Crippen LogP contribution in [0.25, 0.3) is 0 Å². The number of hydrogen-bond acceptors (Lipinski definition) is 6. The highest BCUT2D eigenvalue weighted by Crippen LogP contribution is 2.21. The van der Waals surface area contributed by atoms with Gasteiger partial charge in [0.25, 0.3) is 0 Å². The van der Waals surface area contributed by atoms with Crippen molar-refractivity contribution in [2.75, 3.05) is 39.4 Å². The number of hydrogen-bond donors (Lipinski definition) is 1. The minimum absolute atomic E-state index is 0.134. The highest BCUT2D eigenvalue weighted by Gasteiger charge is 2.27. The molecule has 2 aromatic carbocycles. The number of carbonyl (C=O) groups is 1. The fourth-order valence-corrected chi connectivity index (χ4v) is 7.27. The highest BCUT2D eigenvalue weighted by atomic mass is 32.2. The van der Waals surface area contributed by atoms with Gasteiger partial charge in [0.1, 0.15) is 0 Å². The normalized spacial score (nSPS) is 18.1. The maximum absolute atomic E-state index is 12.8. The Bertz CT molecular complexity index is 1140. The van der Waals surface area contributed by atoms with Crippen molar-refractivity contribution < 1.29 is 26.4 Å². The van der Waals surface area contributed by atoms with E-state index in [0.717, 1.165) is 30.4 Å². The van der Waals surface area contributed by atoms with Crippen LogP contribution in [0.3, 0.4) is 0 Å². The van der Waals surface area contributed by atoms with Gasteiger partial charge in [-0.3, -0.25) is 4.79 Å². The van der Waals surface area contributed by atoms with Crippen LogP contribution in [-0.4, -0.2) is 70.7 Å². The molecule has 1 amide bonds. The van der Waals surface area contributed by atoms with Gasteiger partial charge in [0.2, 0.25) is 26.0 Å². The average Bonchev–Trinajstić information content (AvgIpc) is 2.92. The van der Waals surface area contributed by atoms with Gasteiger partial charge in [0.05, 0.1) is 23.0 Å². The van der Waals surface area contributed by atoms with Crippen molar-refractivity contribution in [1.29, 1.82) is 0 Å². The van der Waals surface area contributed by atoms with Crippen LogP contribution in [0.2, 0.25) is 0 Å². The molecule has 0 radical (unpaired) electrons. The van der Waals surface area contributed by atoms with E-state index in [1.54, 1.807) is 48.5 Å². The molecular formula is C25H33N3O6S2. The molecule has 2 heterocycles. The number of morpholine rings is 1. The minimum atomic E-state index is -3.53. The second kappa shape index (κ2) is 11.8. The third-order valence-electron chi connectivity index (χ3n) is 6.54. The molecule has 0 atom stereocenters. The Balaban J connectivity index is 1.25. The second-order valence-corrected chi connectivity index (χ2v) is 12.9. The van der Waals surface area contributed by atoms with E-state index < -0.39 is 20.0 Å². The van der Waals surface area contributed by atoms with Crippen molar-refractivity contribution in [3.63, 3.8) is 0 Å². The molecule has 2 saturated heterocycles. The summed E-state index contributed by atoms with van der Waals surface area (Å²) < 4.78 is 59.1. The molecule has 0 saturated carbocycles. The van der Waals surface area contributed by atoms with E-state index >= 15 is 0 Å². The summed E-state index contributed by atoms with van der Waals surface area (Å²) in [6.45, 7) is 2.92. The number of aryl methyl sites for hydroxylation is 1. The topological polar surface area (TPSA) is 113 Å². The van der Waals surface area contributed by atoms with Crippen LogP contribution in [0.1, 0.15) is 36.8 Å². The maximum atomic E-state index is 12.8. The molecule has 2 aliphatic rings. The van der Waals surface area contributed by atoms with Crippen molar-refractivity contribution in [3.05, 3.63) is 59.7 Å². The zero-order valence-electron chi connectivity index (χ0n) is 20.3. The summed E-state index contributed by atoms with van der Waals surface area (Å²) in [5.41, 5.74) is 1.69. The quantitative estimate of drug-likeness (QED) is 0.526. The number of amides is 1. The number of ether oxygens (including phenoxy) is 1. The van der Waals surface area contributed by atoms with E-state index in [2.05, 4.69) is 5.32 Å². The van der Waals surface area contributed by atoms with Crippen molar-refractivity contribution in [3.8, 4) is 0 Å². The second-order valence-electron chi connectivity index (χ2n) is 9.05. The lowest BCUT2D eigenvalue weighted by molar-refractivity contribution is -0.121. The van der Waals surface area contributed by atoms with Crippen LogP contribution in [0.5, 0.6) is 0 Å². The molecule has 0 aromatic heterocycles. The number of benzene rings is 2. The number of piperidine rings is 1. The lowest BCUT2D eigenvalue weighted by Crippen LogP contribution is -2.40. The highest BCUT2D eigenvalue weighted by molar-refractivity contribution is 7.89. The van der Waals surface area contributed by atoms with Crippen molar-refractivity contribution in [2.45, 2.75) is 48.4 Å². The van der Waals surface area contributed by atoms with Gasteiger partial charge >= 0.3 is 0 Å². The van der Waals surface area contributed by atoms with Gasteiger partial charge in [0, 0.05) is 39.1 Å². The Morgan fingerprint density at radius 1 is 0.722 bits per heavy atom. The van der Waals surface area contributed by atoms with Crippen LogP contribution in [0.15, 0.2) is 58.3 Å². The van der Waals surface area contributed by atoms with Gasteiger partial charge in [-0.1, -0.05) is 30.7 Å². The summed E-state index contributed by atoms with van der Waals surface area (Å²) in [5.74, 6) is -0.134. The molecule has 0 spiro atoms. The third kappa shape index (κ3) is 6.51. The van der Waals surface area contributed by atoms with E-state index in [1.165, 1.54) is 8.61 Å². The Kier molecular flexibility index (Phi) is 8.78. The van der Waals surface area contributed by atoms with Crippen LogP contribution in [0.4, 0.5) is 0 Å². The van der Waals surface area contributed by atoms with Crippen LogP contribution in [-0.2, 0) is 42.5 Å². The third-order valence-corrected chi connectivity index (χ3v) is 10.4. The lowest BCUT2D eigenvalue weighted by atomic mass is 10.1. The molecule has 36 heavy (non-hydrogen) atoms. The maximum Gasteiger partial charge on any atom is 0.243 e. The molecule has 0 bridgehead atoms. The van der Waals surface area contributed by atoms with Gasteiger partial charge in [-0.05, 0) is 54.7 Å². The molecule has 2 fully saturated rings. The first-order chi connectivity index (χ1) is 17.3. The molecule has 1 N–H and O–H groups in total. The number of nitrogens with one attached hydrogen (secondary N) is 1. The van der Waals surface area contributed by atoms with Gasteiger partial charge in [-0.2, -0.15) is 8.61 Å². The Hall–Kier alpha value is -2.31. The molecule has 9 nitrogen and oxygen atoms in total. The first-order valence-corrected chi connectivity index (χ1v) is 15.2. The summed E-state index contributed by atoms with van der Waals surface area (Å²) in [4.78, 5) is 12.8. The van der Waals surface area contributed by atoms with Gasteiger partial charge in [0.15, 0.2) is 0 Å². The lowest BCUT2D eigenvalue weighted by Gasteiger charge is -2.26. The molecule has 2 aromatic rings. The van der Waals surface area contributed by atoms with Gasteiger partial charge in [-0.25, -0.2) is 16.8 Å².